The fourth-order valence-corrected chi connectivity index (χ4v) is 7.69. The Balaban J connectivity index is 1.22. The number of nitrogens with one attached hydrogen (secondary N) is 1. The Labute approximate surface area is 265 Å². The van der Waals surface area contributed by atoms with E-state index < -0.39 is 5.54 Å². The molecule has 7 nitrogen and oxygen atoms in total. The third-order valence-electron chi connectivity index (χ3n) is 10.1. The van der Waals surface area contributed by atoms with Crippen molar-refractivity contribution in [1.82, 2.24) is 4.90 Å². The Kier molecular flexibility index (Phi) is 8.44. The lowest BCUT2D eigenvalue weighted by Crippen LogP contribution is -2.62. The number of anilines is 2. The van der Waals surface area contributed by atoms with E-state index in [1.54, 1.807) is 6.26 Å². The van der Waals surface area contributed by atoms with Gasteiger partial charge in [-0.25, -0.2) is 0 Å². The molecule has 2 heterocycles. The van der Waals surface area contributed by atoms with Gasteiger partial charge in [-0.1, -0.05) is 54.6 Å². The van der Waals surface area contributed by atoms with Gasteiger partial charge in [0, 0.05) is 24.5 Å². The van der Waals surface area contributed by atoms with Crippen LogP contribution in [0.3, 0.4) is 0 Å². The first kappa shape index (κ1) is 29.4. The summed E-state index contributed by atoms with van der Waals surface area (Å²) in [6.45, 7) is 3.39. The van der Waals surface area contributed by atoms with Gasteiger partial charge in [-0.2, -0.15) is 0 Å². The number of fused-ring (bicyclic) bond motifs is 2. The minimum absolute atomic E-state index is 0.0647. The normalized spacial score (nSPS) is 22.6. The number of amides is 2. The Morgan fingerprint density at radius 1 is 0.844 bits per heavy atom. The Morgan fingerprint density at radius 2 is 1.56 bits per heavy atom. The van der Waals surface area contributed by atoms with Gasteiger partial charge in [0.25, 0.3) is 0 Å². The Morgan fingerprint density at radius 3 is 2.27 bits per heavy atom. The highest BCUT2D eigenvalue weighted by atomic mass is 16.5. The van der Waals surface area contributed by atoms with Crippen LogP contribution in [0.15, 0.2) is 102 Å². The van der Waals surface area contributed by atoms with Crippen LogP contribution in [-0.2, 0) is 40.1 Å². The lowest BCUT2D eigenvalue weighted by Gasteiger charge is -2.50. The van der Waals surface area contributed by atoms with E-state index in [-0.39, 0.29) is 24.8 Å². The van der Waals surface area contributed by atoms with Crippen molar-refractivity contribution < 1.29 is 18.7 Å². The van der Waals surface area contributed by atoms with Gasteiger partial charge in [-0.15, -0.1) is 0 Å². The van der Waals surface area contributed by atoms with Crippen LogP contribution in [0, 0.1) is 11.8 Å². The van der Waals surface area contributed by atoms with Crippen molar-refractivity contribution in [2.45, 2.75) is 50.6 Å². The monoisotopic (exact) mass is 603 g/mol. The molecule has 1 N–H and O–H groups in total. The second-order valence-corrected chi connectivity index (χ2v) is 12.8. The molecule has 1 saturated carbocycles. The number of furan rings is 1. The standard InChI is InChI=1S/C38H41N3O4/c42-36(23-28-7-2-1-3-8-28)41(27-35-11-6-20-45-35)38(17-16-31-24-29-9-4-5-10-30(29)25-32(31)26-38)37(43)39-33-12-14-34(15-13-33)40-18-21-44-22-19-40/h1-15,20,31-32H,16-19,21-27H2,(H,39,43)/t31-,32+,38+/m1/s1. The molecule has 4 aromatic rings. The van der Waals surface area contributed by atoms with Crippen LogP contribution >= 0.6 is 0 Å². The van der Waals surface area contributed by atoms with Crippen molar-refractivity contribution in [2.24, 2.45) is 11.8 Å². The summed E-state index contributed by atoms with van der Waals surface area (Å²) in [7, 11) is 0. The van der Waals surface area contributed by atoms with Gasteiger partial charge < -0.3 is 24.3 Å². The van der Waals surface area contributed by atoms with E-state index in [4.69, 9.17) is 9.15 Å². The van der Waals surface area contributed by atoms with Crippen LogP contribution in [-0.4, -0.2) is 48.6 Å². The number of morpholine rings is 1. The molecule has 1 saturated heterocycles. The third-order valence-corrected chi connectivity index (χ3v) is 10.1. The van der Waals surface area contributed by atoms with Gasteiger partial charge in [0.2, 0.25) is 11.8 Å². The van der Waals surface area contributed by atoms with Gasteiger partial charge >= 0.3 is 0 Å². The summed E-state index contributed by atoms with van der Waals surface area (Å²) in [5.74, 6) is 1.28. The third kappa shape index (κ3) is 6.27. The summed E-state index contributed by atoms with van der Waals surface area (Å²) >= 11 is 0. The van der Waals surface area contributed by atoms with Crippen LogP contribution in [0.2, 0.25) is 0 Å². The zero-order chi connectivity index (χ0) is 30.6. The van der Waals surface area contributed by atoms with Crippen molar-refractivity contribution in [3.63, 3.8) is 0 Å². The highest BCUT2D eigenvalue weighted by molar-refractivity contribution is 6.01. The molecule has 232 valence electrons. The highest BCUT2D eigenvalue weighted by Crippen LogP contribution is 2.47. The number of carbonyl (C=O) groups is 2. The maximum atomic E-state index is 14.8. The van der Waals surface area contributed by atoms with Crippen molar-refractivity contribution in [3.05, 3.63) is 120 Å². The molecule has 3 aliphatic rings. The zero-order valence-electron chi connectivity index (χ0n) is 25.7. The number of rotatable bonds is 8. The summed E-state index contributed by atoms with van der Waals surface area (Å²) in [5, 5.41) is 3.27. The van der Waals surface area contributed by atoms with E-state index in [1.165, 1.54) is 11.1 Å². The average Bonchev–Trinajstić information content (AvgIpc) is 3.61. The van der Waals surface area contributed by atoms with Crippen molar-refractivity contribution >= 4 is 23.2 Å². The van der Waals surface area contributed by atoms with Crippen molar-refractivity contribution in [2.75, 3.05) is 36.5 Å². The fourth-order valence-electron chi connectivity index (χ4n) is 7.69. The first-order valence-corrected chi connectivity index (χ1v) is 16.3. The number of carbonyl (C=O) groups excluding carboxylic acids is 2. The minimum Gasteiger partial charge on any atom is -0.467 e. The summed E-state index contributed by atoms with van der Waals surface area (Å²) < 4.78 is 11.3. The lowest BCUT2D eigenvalue weighted by atomic mass is 9.62. The summed E-state index contributed by atoms with van der Waals surface area (Å²) in [5.41, 5.74) is 4.55. The molecule has 0 bridgehead atoms. The molecule has 1 aliphatic heterocycles. The van der Waals surface area contributed by atoms with E-state index >= 15 is 0 Å². The van der Waals surface area contributed by atoms with Crippen LogP contribution < -0.4 is 10.2 Å². The molecule has 2 amide bonds. The smallest absolute Gasteiger partial charge is 0.250 e. The second-order valence-electron chi connectivity index (χ2n) is 12.8. The van der Waals surface area contributed by atoms with Crippen LogP contribution in [0.1, 0.15) is 41.7 Å². The number of benzene rings is 3. The van der Waals surface area contributed by atoms with E-state index in [0.717, 1.165) is 62.5 Å². The van der Waals surface area contributed by atoms with Crippen LogP contribution in [0.25, 0.3) is 0 Å². The van der Waals surface area contributed by atoms with E-state index in [2.05, 4.69) is 46.6 Å². The number of hydrogen-bond acceptors (Lipinski definition) is 5. The molecule has 7 rings (SSSR count). The second kappa shape index (κ2) is 12.9. The van der Waals surface area contributed by atoms with Crippen molar-refractivity contribution in [3.8, 4) is 0 Å². The highest BCUT2D eigenvalue weighted by Gasteiger charge is 2.52. The first-order valence-electron chi connectivity index (χ1n) is 16.3. The van der Waals surface area contributed by atoms with Gasteiger partial charge in [0.1, 0.15) is 11.3 Å². The predicted molar refractivity (Wildman–Crippen MR) is 175 cm³/mol. The summed E-state index contributed by atoms with van der Waals surface area (Å²) in [4.78, 5) is 33.3. The first-order chi connectivity index (χ1) is 22.1. The number of nitrogens with zero attached hydrogens (tertiary/aromatic N) is 2. The predicted octanol–water partition coefficient (Wildman–Crippen LogP) is 6.28. The van der Waals surface area contributed by atoms with Gasteiger partial charge in [-0.3, -0.25) is 9.59 Å². The number of ether oxygens (including phenoxy) is 1. The van der Waals surface area contributed by atoms with E-state index in [1.807, 2.05) is 59.5 Å². The molecule has 7 heteroatoms. The topological polar surface area (TPSA) is 75.0 Å². The molecular weight excluding hydrogens is 562 g/mol. The molecular formula is C38H41N3O4. The Hall–Kier alpha value is -4.36. The van der Waals surface area contributed by atoms with E-state index in [9.17, 15) is 9.59 Å². The van der Waals surface area contributed by atoms with Gasteiger partial charge in [-0.05, 0) is 97.0 Å². The maximum Gasteiger partial charge on any atom is 0.250 e. The molecule has 45 heavy (non-hydrogen) atoms. The summed E-state index contributed by atoms with van der Waals surface area (Å²) in [6.07, 6.45) is 5.91. The molecule has 1 aromatic heterocycles. The minimum atomic E-state index is -1.02. The molecule has 3 atom stereocenters. The lowest BCUT2D eigenvalue weighted by molar-refractivity contribution is -0.151. The molecule has 0 radical (unpaired) electrons. The number of hydrogen-bond donors (Lipinski definition) is 1. The molecule has 0 spiro atoms. The van der Waals surface area contributed by atoms with Crippen LogP contribution in [0.4, 0.5) is 11.4 Å². The molecule has 2 fully saturated rings. The fraction of sp³-hybridized carbons (Fsp3) is 0.368. The Bertz CT molecular complexity index is 1600. The zero-order valence-corrected chi connectivity index (χ0v) is 25.7. The van der Waals surface area contributed by atoms with Crippen molar-refractivity contribution in [1.29, 1.82) is 0 Å². The van der Waals surface area contributed by atoms with Crippen LogP contribution in [0.5, 0.6) is 0 Å². The SMILES string of the molecule is O=C(Cc1ccccc1)N(Cc1ccco1)[C@@]1(C(=O)Nc2ccc(N3CCOCC3)cc2)CC[C@@H]2Cc3ccccc3C[C@H]2C1. The maximum absolute atomic E-state index is 14.8. The van der Waals surface area contributed by atoms with Gasteiger partial charge in [0.15, 0.2) is 0 Å². The molecule has 0 unspecified atom stereocenters. The average molecular weight is 604 g/mol. The van der Waals surface area contributed by atoms with E-state index in [0.29, 0.717) is 30.4 Å². The molecule has 2 aliphatic carbocycles. The molecule has 3 aromatic carbocycles. The largest absolute Gasteiger partial charge is 0.467 e. The van der Waals surface area contributed by atoms with Gasteiger partial charge in [0.05, 0.1) is 32.4 Å². The quantitative estimate of drug-likeness (QED) is 0.257. The summed E-state index contributed by atoms with van der Waals surface area (Å²) in [6, 6.07) is 30.3.